The van der Waals surface area contributed by atoms with E-state index in [1.165, 1.54) is 11.1 Å². The van der Waals surface area contributed by atoms with Crippen molar-refractivity contribution in [2.45, 2.75) is 38.6 Å². The molecular formula is C19H28N4O3. The van der Waals surface area contributed by atoms with E-state index in [1.807, 2.05) is 13.0 Å². The van der Waals surface area contributed by atoms with Gasteiger partial charge in [-0.05, 0) is 43.4 Å². The minimum atomic E-state index is -0.229. The molecule has 2 heterocycles. The highest BCUT2D eigenvalue weighted by Crippen LogP contribution is 2.25. The molecule has 0 saturated carbocycles. The van der Waals surface area contributed by atoms with Crippen LogP contribution in [0.25, 0.3) is 0 Å². The number of fused-ring (bicyclic) bond motifs is 1. The van der Waals surface area contributed by atoms with Crippen molar-refractivity contribution in [3.63, 3.8) is 0 Å². The highest BCUT2D eigenvalue weighted by Gasteiger charge is 2.23. The Kier molecular flexibility index (Phi) is 6.20. The summed E-state index contributed by atoms with van der Waals surface area (Å²) in [7, 11) is 0. The number of nitrogens with two attached hydrogens (primary N) is 1. The summed E-state index contributed by atoms with van der Waals surface area (Å²) in [5.41, 5.74) is 8.56. The van der Waals surface area contributed by atoms with Gasteiger partial charge in [-0.2, -0.15) is 0 Å². The smallest absolute Gasteiger partial charge is 0.409 e. The van der Waals surface area contributed by atoms with E-state index < -0.39 is 0 Å². The Morgan fingerprint density at radius 1 is 1.42 bits per heavy atom. The van der Waals surface area contributed by atoms with Gasteiger partial charge in [0.05, 0.1) is 13.2 Å². The molecule has 0 aromatic heterocycles. The Morgan fingerprint density at radius 3 is 3.00 bits per heavy atom. The number of aliphatic imine (C=N–C) groups is 1. The number of carbonyl (C=O) groups is 1. The molecule has 0 atom stereocenters. The molecule has 2 aliphatic rings. The number of piperidine rings is 1. The monoisotopic (exact) mass is 360 g/mol. The second kappa shape index (κ2) is 8.78. The number of hydrogen-bond donors (Lipinski definition) is 2. The van der Waals surface area contributed by atoms with Crippen LogP contribution in [0.15, 0.2) is 23.2 Å². The van der Waals surface area contributed by atoms with Gasteiger partial charge in [0.25, 0.3) is 0 Å². The number of nitrogens with one attached hydrogen (secondary N) is 1. The maximum Gasteiger partial charge on any atom is 0.409 e. The number of hydrogen-bond acceptors (Lipinski definition) is 4. The molecule has 1 amide bonds. The molecule has 0 unspecified atom stereocenters. The van der Waals surface area contributed by atoms with E-state index in [0.717, 1.165) is 38.0 Å². The number of carbonyl (C=O) groups excluding carboxylic acids is 1. The number of amides is 1. The molecule has 0 bridgehead atoms. The van der Waals surface area contributed by atoms with Crippen LogP contribution in [0.3, 0.4) is 0 Å². The maximum atomic E-state index is 11.7. The molecule has 26 heavy (non-hydrogen) atoms. The predicted octanol–water partition coefficient (Wildman–Crippen LogP) is 1.69. The fourth-order valence-corrected chi connectivity index (χ4v) is 3.38. The van der Waals surface area contributed by atoms with Crippen molar-refractivity contribution in [3.8, 4) is 5.75 Å². The summed E-state index contributed by atoms with van der Waals surface area (Å²) >= 11 is 0. The first-order valence-corrected chi connectivity index (χ1v) is 9.38. The summed E-state index contributed by atoms with van der Waals surface area (Å²) in [6.45, 7) is 5.03. The molecule has 1 fully saturated rings. The SMILES string of the molecule is CCOC(=O)N1CCC(NC(N)=NCCc2ccc3c(c2)CCO3)CC1. The average molecular weight is 360 g/mol. The van der Waals surface area contributed by atoms with Crippen molar-refractivity contribution < 1.29 is 14.3 Å². The normalized spacial score (nSPS) is 17.6. The zero-order valence-electron chi connectivity index (χ0n) is 15.4. The van der Waals surface area contributed by atoms with Crippen molar-refractivity contribution in [2.75, 3.05) is 32.8 Å². The highest BCUT2D eigenvalue weighted by atomic mass is 16.6. The lowest BCUT2D eigenvalue weighted by atomic mass is 10.1. The van der Waals surface area contributed by atoms with E-state index >= 15 is 0 Å². The third kappa shape index (κ3) is 4.80. The van der Waals surface area contributed by atoms with E-state index in [2.05, 4.69) is 22.4 Å². The van der Waals surface area contributed by atoms with Crippen LogP contribution < -0.4 is 15.8 Å². The summed E-state index contributed by atoms with van der Waals surface area (Å²) < 4.78 is 10.6. The van der Waals surface area contributed by atoms with Crippen LogP contribution in [0.5, 0.6) is 5.75 Å². The van der Waals surface area contributed by atoms with E-state index in [0.29, 0.717) is 32.2 Å². The van der Waals surface area contributed by atoms with Crippen LogP contribution in [0.4, 0.5) is 4.79 Å². The van der Waals surface area contributed by atoms with Crippen LogP contribution in [-0.2, 0) is 17.6 Å². The zero-order valence-corrected chi connectivity index (χ0v) is 15.4. The van der Waals surface area contributed by atoms with Crippen molar-refractivity contribution >= 4 is 12.1 Å². The van der Waals surface area contributed by atoms with Crippen molar-refractivity contribution in [1.29, 1.82) is 0 Å². The fraction of sp³-hybridized carbons (Fsp3) is 0.579. The fourth-order valence-electron chi connectivity index (χ4n) is 3.38. The predicted molar refractivity (Wildman–Crippen MR) is 101 cm³/mol. The molecule has 142 valence electrons. The summed E-state index contributed by atoms with van der Waals surface area (Å²) in [6.07, 6.45) is 3.31. The van der Waals surface area contributed by atoms with Gasteiger partial charge < -0.3 is 25.4 Å². The van der Waals surface area contributed by atoms with Crippen molar-refractivity contribution in [2.24, 2.45) is 10.7 Å². The molecule has 0 radical (unpaired) electrons. The molecule has 7 nitrogen and oxygen atoms in total. The highest BCUT2D eigenvalue weighted by molar-refractivity contribution is 5.78. The van der Waals surface area contributed by atoms with Gasteiger partial charge in [0.1, 0.15) is 5.75 Å². The van der Waals surface area contributed by atoms with Gasteiger partial charge >= 0.3 is 6.09 Å². The molecule has 2 aliphatic heterocycles. The first-order chi connectivity index (χ1) is 12.7. The van der Waals surface area contributed by atoms with Crippen LogP contribution in [0.2, 0.25) is 0 Å². The third-order valence-electron chi connectivity index (χ3n) is 4.81. The lowest BCUT2D eigenvalue weighted by molar-refractivity contribution is 0.0963. The molecule has 3 rings (SSSR count). The molecule has 1 aromatic rings. The maximum absolute atomic E-state index is 11.7. The summed E-state index contributed by atoms with van der Waals surface area (Å²) in [6, 6.07) is 6.59. The van der Waals surface area contributed by atoms with Gasteiger partial charge in [-0.25, -0.2) is 4.79 Å². The van der Waals surface area contributed by atoms with Gasteiger partial charge in [-0.1, -0.05) is 12.1 Å². The van der Waals surface area contributed by atoms with Crippen LogP contribution >= 0.6 is 0 Å². The average Bonchev–Trinajstić information content (AvgIpc) is 3.10. The van der Waals surface area contributed by atoms with Crippen LogP contribution in [0, 0.1) is 0 Å². The molecule has 1 aromatic carbocycles. The lowest BCUT2D eigenvalue weighted by Gasteiger charge is -2.31. The quantitative estimate of drug-likeness (QED) is 0.616. The van der Waals surface area contributed by atoms with Gasteiger partial charge in [-0.15, -0.1) is 0 Å². The molecule has 0 aliphatic carbocycles. The summed E-state index contributed by atoms with van der Waals surface area (Å²) in [5.74, 6) is 1.48. The van der Waals surface area contributed by atoms with E-state index in [1.54, 1.807) is 4.90 Å². The second-order valence-electron chi connectivity index (χ2n) is 6.66. The Bertz CT molecular complexity index is 654. The Labute approximate surface area is 154 Å². The Morgan fingerprint density at radius 2 is 2.23 bits per heavy atom. The zero-order chi connectivity index (χ0) is 18.4. The lowest BCUT2D eigenvalue weighted by Crippen LogP contribution is -2.48. The number of nitrogens with zero attached hydrogens (tertiary/aromatic N) is 2. The molecule has 0 spiro atoms. The number of guanidine groups is 1. The van der Waals surface area contributed by atoms with Gasteiger partial charge in [0.2, 0.25) is 0 Å². The van der Waals surface area contributed by atoms with E-state index in [4.69, 9.17) is 15.2 Å². The largest absolute Gasteiger partial charge is 0.493 e. The Hall–Kier alpha value is -2.44. The van der Waals surface area contributed by atoms with Gasteiger partial charge in [0.15, 0.2) is 5.96 Å². The van der Waals surface area contributed by atoms with Gasteiger partial charge in [0, 0.05) is 32.1 Å². The van der Waals surface area contributed by atoms with Crippen LogP contribution in [0.1, 0.15) is 30.9 Å². The first kappa shape index (κ1) is 18.4. The van der Waals surface area contributed by atoms with E-state index in [9.17, 15) is 4.79 Å². The third-order valence-corrected chi connectivity index (χ3v) is 4.81. The number of likely N-dealkylation sites (tertiary alicyclic amines) is 1. The number of benzene rings is 1. The standard InChI is InChI=1S/C19H28N4O3/c1-2-25-19(24)23-10-6-16(7-11-23)22-18(20)21-9-5-14-3-4-17-15(13-14)8-12-26-17/h3-4,13,16H,2,5-12H2,1H3,(H3,20,21,22). The van der Waals surface area contributed by atoms with Crippen molar-refractivity contribution in [1.82, 2.24) is 10.2 Å². The minimum Gasteiger partial charge on any atom is -0.493 e. The second-order valence-corrected chi connectivity index (χ2v) is 6.66. The summed E-state index contributed by atoms with van der Waals surface area (Å²) in [4.78, 5) is 17.9. The van der Waals surface area contributed by atoms with Crippen LogP contribution in [-0.4, -0.2) is 55.8 Å². The summed E-state index contributed by atoms with van der Waals surface area (Å²) in [5, 5.41) is 3.27. The molecule has 3 N–H and O–H groups in total. The molecular weight excluding hydrogens is 332 g/mol. The minimum absolute atomic E-state index is 0.229. The molecule has 7 heteroatoms. The number of rotatable bonds is 5. The first-order valence-electron chi connectivity index (χ1n) is 9.38. The van der Waals surface area contributed by atoms with E-state index in [-0.39, 0.29) is 12.1 Å². The topological polar surface area (TPSA) is 89.2 Å². The van der Waals surface area contributed by atoms with Gasteiger partial charge in [-0.3, -0.25) is 4.99 Å². The number of ether oxygens (including phenoxy) is 2. The molecule has 1 saturated heterocycles. The van der Waals surface area contributed by atoms with Crippen molar-refractivity contribution in [3.05, 3.63) is 29.3 Å². The Balaban J connectivity index is 1.40.